The van der Waals surface area contributed by atoms with Crippen molar-refractivity contribution in [3.63, 3.8) is 0 Å². The summed E-state index contributed by atoms with van der Waals surface area (Å²) in [5.41, 5.74) is -0.316. The predicted molar refractivity (Wildman–Crippen MR) is 64.5 cm³/mol. The van der Waals surface area contributed by atoms with Crippen LogP contribution in [0.2, 0.25) is 0 Å². The molecule has 1 saturated heterocycles. The molecule has 2 N–H and O–H groups in total. The van der Waals surface area contributed by atoms with Gasteiger partial charge in [-0.3, -0.25) is 9.59 Å². The molecule has 4 nitrogen and oxygen atoms in total. The minimum atomic E-state index is -0.762. The van der Waals surface area contributed by atoms with Crippen LogP contribution in [0, 0.1) is 11.6 Å². The molecule has 1 fully saturated rings. The third-order valence-corrected chi connectivity index (χ3v) is 3.04. The summed E-state index contributed by atoms with van der Waals surface area (Å²) >= 11 is 0. The van der Waals surface area contributed by atoms with E-state index in [1.807, 2.05) is 0 Å². The lowest BCUT2D eigenvalue weighted by Gasteiger charge is -2.15. The van der Waals surface area contributed by atoms with E-state index in [2.05, 4.69) is 10.6 Å². The van der Waals surface area contributed by atoms with Crippen LogP contribution in [0.5, 0.6) is 0 Å². The topological polar surface area (TPSA) is 58.2 Å². The molecule has 1 aromatic carbocycles. The van der Waals surface area contributed by atoms with Crippen LogP contribution in [0.25, 0.3) is 0 Å². The van der Waals surface area contributed by atoms with Gasteiger partial charge >= 0.3 is 0 Å². The monoisotopic (exact) mass is 268 g/mol. The van der Waals surface area contributed by atoms with E-state index in [1.54, 1.807) is 0 Å². The Bertz CT molecular complexity index is 505. The number of amides is 2. The van der Waals surface area contributed by atoms with Crippen LogP contribution in [0.15, 0.2) is 18.2 Å². The van der Waals surface area contributed by atoms with Gasteiger partial charge in [-0.15, -0.1) is 0 Å². The Morgan fingerprint density at radius 2 is 2.11 bits per heavy atom. The second-order valence-electron chi connectivity index (χ2n) is 4.47. The number of benzene rings is 1. The Labute approximate surface area is 109 Å². The maximum absolute atomic E-state index is 13.4. The van der Waals surface area contributed by atoms with Crippen molar-refractivity contribution < 1.29 is 18.4 Å². The number of hydrogen-bond acceptors (Lipinski definition) is 2. The van der Waals surface area contributed by atoms with E-state index in [-0.39, 0.29) is 17.5 Å². The van der Waals surface area contributed by atoms with Gasteiger partial charge in [-0.05, 0) is 31.0 Å². The average molecular weight is 268 g/mol. The molecule has 1 heterocycles. The van der Waals surface area contributed by atoms with E-state index in [4.69, 9.17) is 0 Å². The summed E-state index contributed by atoms with van der Waals surface area (Å²) in [7, 11) is 0. The normalized spacial score (nSPS) is 19.5. The molecule has 1 aromatic rings. The van der Waals surface area contributed by atoms with Crippen LogP contribution in [-0.4, -0.2) is 24.4 Å². The SMILES string of the molecule is O=C1CCC(NC(=O)c2cc(F)ccc2F)CCN1. The highest BCUT2D eigenvalue weighted by atomic mass is 19.1. The molecule has 0 radical (unpaired) electrons. The fourth-order valence-electron chi connectivity index (χ4n) is 2.00. The molecule has 6 heteroatoms. The number of carbonyl (C=O) groups excluding carboxylic acids is 2. The van der Waals surface area contributed by atoms with Gasteiger partial charge in [0.15, 0.2) is 0 Å². The van der Waals surface area contributed by atoms with Crippen LogP contribution >= 0.6 is 0 Å². The summed E-state index contributed by atoms with van der Waals surface area (Å²) in [6, 6.07) is 2.53. The van der Waals surface area contributed by atoms with Crippen LogP contribution < -0.4 is 10.6 Å². The van der Waals surface area contributed by atoms with Crippen molar-refractivity contribution in [1.29, 1.82) is 0 Å². The van der Waals surface area contributed by atoms with Crippen molar-refractivity contribution in [3.8, 4) is 0 Å². The summed E-state index contributed by atoms with van der Waals surface area (Å²) in [5, 5.41) is 5.31. The second-order valence-corrected chi connectivity index (χ2v) is 4.47. The van der Waals surface area contributed by atoms with Gasteiger partial charge < -0.3 is 10.6 Å². The van der Waals surface area contributed by atoms with Gasteiger partial charge in [0.2, 0.25) is 5.91 Å². The smallest absolute Gasteiger partial charge is 0.254 e. The first kappa shape index (κ1) is 13.5. The minimum absolute atomic E-state index is 0.0614. The minimum Gasteiger partial charge on any atom is -0.356 e. The number of nitrogens with one attached hydrogen (secondary N) is 2. The van der Waals surface area contributed by atoms with Gasteiger partial charge in [0, 0.05) is 19.0 Å². The van der Waals surface area contributed by atoms with Crippen LogP contribution in [0.3, 0.4) is 0 Å². The van der Waals surface area contributed by atoms with Crippen molar-refractivity contribution in [2.75, 3.05) is 6.54 Å². The third kappa shape index (κ3) is 3.49. The summed E-state index contributed by atoms with van der Waals surface area (Å²) < 4.78 is 26.4. The molecule has 0 saturated carbocycles. The second kappa shape index (κ2) is 5.77. The standard InChI is InChI=1S/C13H14F2N2O2/c14-8-1-3-11(15)10(7-8)13(19)17-9-2-4-12(18)16-6-5-9/h1,3,7,9H,2,4-6H2,(H,16,18)(H,17,19). The molecule has 1 atom stereocenters. The molecular formula is C13H14F2N2O2. The Morgan fingerprint density at radius 3 is 2.89 bits per heavy atom. The Hall–Kier alpha value is -1.98. The van der Waals surface area contributed by atoms with Crippen molar-refractivity contribution in [1.82, 2.24) is 10.6 Å². The van der Waals surface area contributed by atoms with Crippen LogP contribution in [-0.2, 0) is 4.79 Å². The fraction of sp³-hybridized carbons (Fsp3) is 0.385. The van der Waals surface area contributed by atoms with Gasteiger partial charge in [0.25, 0.3) is 5.91 Å². The molecule has 2 amide bonds. The maximum Gasteiger partial charge on any atom is 0.254 e. The largest absolute Gasteiger partial charge is 0.356 e. The maximum atomic E-state index is 13.4. The molecule has 1 aliphatic rings. The molecule has 2 rings (SSSR count). The molecular weight excluding hydrogens is 254 g/mol. The molecule has 1 aliphatic heterocycles. The molecule has 19 heavy (non-hydrogen) atoms. The molecule has 1 unspecified atom stereocenters. The van der Waals surface area contributed by atoms with E-state index >= 15 is 0 Å². The first-order chi connectivity index (χ1) is 9.06. The molecule has 0 bridgehead atoms. The number of carbonyl (C=O) groups is 2. The lowest BCUT2D eigenvalue weighted by atomic mass is 10.1. The molecule has 102 valence electrons. The molecule has 0 aromatic heterocycles. The van der Waals surface area contributed by atoms with E-state index in [0.717, 1.165) is 18.2 Å². The average Bonchev–Trinajstić information content (AvgIpc) is 2.57. The first-order valence-corrected chi connectivity index (χ1v) is 6.09. The van der Waals surface area contributed by atoms with Crippen molar-refractivity contribution in [3.05, 3.63) is 35.4 Å². The van der Waals surface area contributed by atoms with Crippen molar-refractivity contribution >= 4 is 11.8 Å². The highest BCUT2D eigenvalue weighted by Gasteiger charge is 2.20. The zero-order valence-electron chi connectivity index (χ0n) is 10.2. The van der Waals surface area contributed by atoms with Crippen LogP contribution in [0.1, 0.15) is 29.6 Å². The summed E-state index contributed by atoms with van der Waals surface area (Å²) in [5.74, 6) is -2.14. The lowest BCUT2D eigenvalue weighted by molar-refractivity contribution is -0.120. The van der Waals surface area contributed by atoms with E-state index in [1.165, 1.54) is 0 Å². The number of hydrogen-bond donors (Lipinski definition) is 2. The summed E-state index contributed by atoms with van der Waals surface area (Å²) in [6.45, 7) is 0.468. The number of rotatable bonds is 2. The lowest BCUT2D eigenvalue weighted by Crippen LogP contribution is -2.35. The quantitative estimate of drug-likeness (QED) is 0.851. The van der Waals surface area contributed by atoms with Crippen LogP contribution in [0.4, 0.5) is 8.78 Å². The first-order valence-electron chi connectivity index (χ1n) is 6.09. The summed E-state index contributed by atoms with van der Waals surface area (Å²) in [4.78, 5) is 23.0. The van der Waals surface area contributed by atoms with E-state index in [0.29, 0.717) is 25.8 Å². The molecule has 0 aliphatic carbocycles. The van der Waals surface area contributed by atoms with Gasteiger partial charge in [-0.1, -0.05) is 0 Å². The van der Waals surface area contributed by atoms with Gasteiger partial charge in [0.05, 0.1) is 5.56 Å². The third-order valence-electron chi connectivity index (χ3n) is 3.04. The fourth-order valence-corrected chi connectivity index (χ4v) is 2.00. The molecule has 0 spiro atoms. The van der Waals surface area contributed by atoms with Gasteiger partial charge in [-0.2, -0.15) is 0 Å². The number of halogens is 2. The van der Waals surface area contributed by atoms with Gasteiger partial charge in [-0.25, -0.2) is 8.78 Å². The van der Waals surface area contributed by atoms with E-state index in [9.17, 15) is 18.4 Å². The summed E-state index contributed by atoms with van der Waals surface area (Å²) in [6.07, 6.45) is 1.39. The van der Waals surface area contributed by atoms with Crippen molar-refractivity contribution in [2.45, 2.75) is 25.3 Å². The Morgan fingerprint density at radius 1 is 1.32 bits per heavy atom. The van der Waals surface area contributed by atoms with Crippen molar-refractivity contribution in [2.24, 2.45) is 0 Å². The Balaban J connectivity index is 2.04. The van der Waals surface area contributed by atoms with Gasteiger partial charge in [0.1, 0.15) is 11.6 Å². The zero-order valence-corrected chi connectivity index (χ0v) is 10.2. The highest BCUT2D eigenvalue weighted by molar-refractivity contribution is 5.94. The predicted octanol–water partition coefficient (Wildman–Crippen LogP) is 1.36. The Kier molecular flexibility index (Phi) is 4.09. The highest BCUT2D eigenvalue weighted by Crippen LogP contribution is 2.12. The zero-order chi connectivity index (χ0) is 13.8. The van der Waals surface area contributed by atoms with E-state index < -0.39 is 17.5 Å².